The highest BCUT2D eigenvalue weighted by Gasteiger charge is 2.19. The van der Waals surface area contributed by atoms with Crippen LogP contribution in [0.5, 0.6) is 0 Å². The van der Waals surface area contributed by atoms with Crippen LogP contribution in [-0.2, 0) is 4.74 Å². The molecule has 0 radical (unpaired) electrons. The van der Waals surface area contributed by atoms with Gasteiger partial charge >= 0.3 is 5.97 Å². The molecule has 27 heavy (non-hydrogen) atoms. The molecule has 3 aromatic rings. The summed E-state index contributed by atoms with van der Waals surface area (Å²) in [5, 5.41) is 1.64. The fourth-order valence-electron chi connectivity index (χ4n) is 3.24. The van der Waals surface area contributed by atoms with Crippen LogP contribution in [0.1, 0.15) is 44.0 Å². The van der Waals surface area contributed by atoms with Crippen molar-refractivity contribution in [2.24, 2.45) is 5.92 Å². The lowest BCUT2D eigenvalue weighted by Gasteiger charge is -2.15. The minimum absolute atomic E-state index is 0.333. The number of benzene rings is 2. The summed E-state index contributed by atoms with van der Waals surface area (Å²) in [6.07, 6.45) is 8.02. The molecule has 3 nitrogen and oxygen atoms in total. The van der Waals surface area contributed by atoms with Gasteiger partial charge in [0.1, 0.15) is 5.76 Å². The van der Waals surface area contributed by atoms with Crippen LogP contribution in [0.4, 0.5) is 0 Å². The summed E-state index contributed by atoms with van der Waals surface area (Å²) in [6.45, 7) is 6.16. The number of esters is 1. The molecule has 0 saturated carbocycles. The van der Waals surface area contributed by atoms with Gasteiger partial charge < -0.3 is 4.74 Å². The SMILES string of the molecule is CC.CCC1C=CC(OC(=O)c2c3ccccc3nc3ccccc23)=CC1. The zero-order valence-corrected chi connectivity index (χ0v) is 16.1. The molecule has 0 amide bonds. The van der Waals surface area contributed by atoms with Crippen LogP contribution >= 0.6 is 0 Å². The van der Waals surface area contributed by atoms with Crippen LogP contribution in [0.25, 0.3) is 21.8 Å². The van der Waals surface area contributed by atoms with Crippen LogP contribution in [0.15, 0.2) is 72.5 Å². The zero-order chi connectivity index (χ0) is 19.2. The highest BCUT2D eigenvalue weighted by atomic mass is 16.5. The van der Waals surface area contributed by atoms with E-state index >= 15 is 0 Å². The standard InChI is InChI=1S/C22H19NO2.C2H6/c1-2-15-11-13-16(14-12-15)25-22(24)21-17-7-3-5-9-19(17)23-20-10-6-4-8-18(20)21;1-2/h3-11,13-15H,2,12H2,1H3;1-2H3. The molecule has 1 aliphatic rings. The molecule has 138 valence electrons. The highest BCUT2D eigenvalue weighted by molar-refractivity contribution is 6.14. The molecule has 0 saturated heterocycles. The monoisotopic (exact) mass is 359 g/mol. The fraction of sp³-hybridized carbons (Fsp3) is 0.250. The Hall–Kier alpha value is -2.94. The minimum atomic E-state index is -0.333. The summed E-state index contributed by atoms with van der Waals surface area (Å²) in [5.74, 6) is 0.824. The van der Waals surface area contributed by atoms with Crippen molar-refractivity contribution in [1.82, 2.24) is 4.98 Å². The Morgan fingerprint density at radius 3 is 2.15 bits per heavy atom. The Bertz CT molecular complexity index is 963. The molecule has 0 bridgehead atoms. The number of para-hydroxylation sites is 2. The van der Waals surface area contributed by atoms with E-state index in [1.807, 2.05) is 74.5 Å². The second kappa shape index (κ2) is 8.63. The average Bonchev–Trinajstić information content (AvgIpc) is 2.74. The molecule has 1 unspecified atom stereocenters. The van der Waals surface area contributed by atoms with Crippen LogP contribution in [0.3, 0.4) is 0 Å². The third-order valence-electron chi connectivity index (χ3n) is 4.68. The van der Waals surface area contributed by atoms with E-state index in [4.69, 9.17) is 4.74 Å². The number of carbonyl (C=O) groups is 1. The fourth-order valence-corrected chi connectivity index (χ4v) is 3.24. The summed E-state index contributed by atoms with van der Waals surface area (Å²) in [7, 11) is 0. The van der Waals surface area contributed by atoms with E-state index in [1.165, 1.54) is 0 Å². The molecular weight excluding hydrogens is 334 g/mol. The van der Waals surface area contributed by atoms with Gasteiger partial charge in [0.2, 0.25) is 0 Å². The molecule has 1 heterocycles. The lowest BCUT2D eigenvalue weighted by atomic mass is 9.97. The number of hydrogen-bond acceptors (Lipinski definition) is 3. The van der Waals surface area contributed by atoms with E-state index in [2.05, 4.69) is 18.0 Å². The van der Waals surface area contributed by atoms with E-state index in [1.54, 1.807) is 0 Å². The van der Waals surface area contributed by atoms with Crippen molar-refractivity contribution < 1.29 is 9.53 Å². The second-order valence-corrected chi connectivity index (χ2v) is 6.28. The number of nitrogens with zero attached hydrogens (tertiary/aromatic N) is 1. The van der Waals surface area contributed by atoms with Crippen molar-refractivity contribution in [1.29, 1.82) is 0 Å². The van der Waals surface area contributed by atoms with Crippen molar-refractivity contribution in [3.8, 4) is 0 Å². The van der Waals surface area contributed by atoms with Gasteiger partial charge in [-0.3, -0.25) is 0 Å². The van der Waals surface area contributed by atoms with Crippen molar-refractivity contribution in [3.05, 3.63) is 78.1 Å². The predicted octanol–water partition coefficient (Wildman–Crippen LogP) is 6.44. The van der Waals surface area contributed by atoms with E-state index in [9.17, 15) is 4.79 Å². The normalized spacial score (nSPS) is 15.8. The first kappa shape index (κ1) is 18.8. The van der Waals surface area contributed by atoms with Crippen LogP contribution < -0.4 is 0 Å². The topological polar surface area (TPSA) is 39.2 Å². The third-order valence-corrected chi connectivity index (χ3v) is 4.68. The maximum absolute atomic E-state index is 13.0. The van der Waals surface area contributed by atoms with Crippen molar-refractivity contribution in [3.63, 3.8) is 0 Å². The summed E-state index contributed by atoms with van der Waals surface area (Å²) in [6, 6.07) is 15.4. The van der Waals surface area contributed by atoms with Crippen molar-refractivity contribution >= 4 is 27.8 Å². The Labute approximate surface area is 160 Å². The van der Waals surface area contributed by atoms with Gasteiger partial charge in [-0.25, -0.2) is 9.78 Å². The molecule has 1 aliphatic carbocycles. The van der Waals surface area contributed by atoms with Crippen LogP contribution in [0, 0.1) is 5.92 Å². The van der Waals surface area contributed by atoms with Crippen LogP contribution in [-0.4, -0.2) is 11.0 Å². The molecular formula is C24H25NO2. The molecule has 4 rings (SSSR count). The summed E-state index contributed by atoms with van der Waals surface area (Å²) in [5.41, 5.74) is 2.17. The van der Waals surface area contributed by atoms with Gasteiger partial charge in [-0.2, -0.15) is 0 Å². The first-order valence-corrected chi connectivity index (χ1v) is 9.64. The molecule has 0 spiro atoms. The third kappa shape index (κ3) is 3.92. The Morgan fingerprint density at radius 1 is 1.04 bits per heavy atom. The molecule has 1 aromatic heterocycles. The van der Waals surface area contributed by atoms with Gasteiger partial charge in [0.05, 0.1) is 16.6 Å². The molecule has 3 heteroatoms. The number of hydrogen-bond donors (Lipinski definition) is 0. The second-order valence-electron chi connectivity index (χ2n) is 6.28. The summed E-state index contributed by atoms with van der Waals surface area (Å²) in [4.78, 5) is 17.6. The Balaban J connectivity index is 0.00000102. The van der Waals surface area contributed by atoms with Crippen LogP contribution in [0.2, 0.25) is 0 Å². The Kier molecular flexibility index (Phi) is 6.02. The maximum atomic E-state index is 13.0. The average molecular weight is 359 g/mol. The molecule has 0 N–H and O–H groups in total. The number of fused-ring (bicyclic) bond motifs is 2. The van der Waals surface area contributed by atoms with Gasteiger partial charge in [-0.1, -0.05) is 63.2 Å². The summed E-state index contributed by atoms with van der Waals surface area (Å²) >= 11 is 0. The minimum Gasteiger partial charge on any atom is -0.423 e. The van der Waals surface area contributed by atoms with Crippen molar-refractivity contribution in [2.45, 2.75) is 33.6 Å². The van der Waals surface area contributed by atoms with E-state index in [-0.39, 0.29) is 5.97 Å². The van der Waals surface area contributed by atoms with Gasteiger partial charge in [0.25, 0.3) is 0 Å². The molecule has 1 atom stereocenters. The van der Waals surface area contributed by atoms with Crippen molar-refractivity contribution in [2.75, 3.05) is 0 Å². The number of aromatic nitrogens is 1. The molecule has 0 fully saturated rings. The lowest BCUT2D eigenvalue weighted by Crippen LogP contribution is -2.09. The molecule has 0 aliphatic heterocycles. The maximum Gasteiger partial charge on any atom is 0.344 e. The first-order valence-electron chi connectivity index (χ1n) is 9.64. The number of pyridine rings is 1. The number of carbonyl (C=O) groups excluding carboxylic acids is 1. The highest BCUT2D eigenvalue weighted by Crippen LogP contribution is 2.28. The van der Waals surface area contributed by atoms with Gasteiger partial charge in [-0.05, 0) is 43.0 Å². The largest absolute Gasteiger partial charge is 0.423 e. The van der Waals surface area contributed by atoms with E-state index in [0.29, 0.717) is 17.2 Å². The molecule has 2 aromatic carbocycles. The van der Waals surface area contributed by atoms with E-state index < -0.39 is 0 Å². The summed E-state index contributed by atoms with van der Waals surface area (Å²) < 4.78 is 5.69. The van der Waals surface area contributed by atoms with Gasteiger partial charge in [-0.15, -0.1) is 0 Å². The first-order chi connectivity index (χ1) is 13.3. The Morgan fingerprint density at radius 2 is 1.63 bits per heavy atom. The van der Waals surface area contributed by atoms with Gasteiger partial charge in [0.15, 0.2) is 0 Å². The quantitative estimate of drug-likeness (QED) is 0.399. The lowest BCUT2D eigenvalue weighted by molar-refractivity contribution is 0.0638. The predicted molar refractivity (Wildman–Crippen MR) is 112 cm³/mol. The number of rotatable bonds is 3. The smallest absolute Gasteiger partial charge is 0.344 e. The zero-order valence-electron chi connectivity index (χ0n) is 16.1. The van der Waals surface area contributed by atoms with Gasteiger partial charge in [0, 0.05) is 10.8 Å². The number of ether oxygens (including phenoxy) is 1. The number of allylic oxidation sites excluding steroid dienone is 3. The van der Waals surface area contributed by atoms with E-state index in [0.717, 1.165) is 34.6 Å².